The second kappa shape index (κ2) is 5.44. The summed E-state index contributed by atoms with van der Waals surface area (Å²) in [5.41, 5.74) is 2.41. The highest BCUT2D eigenvalue weighted by atomic mass is 32.2. The van der Waals surface area contributed by atoms with E-state index >= 15 is 0 Å². The van der Waals surface area contributed by atoms with Gasteiger partial charge in [0.15, 0.2) is 10.8 Å². The van der Waals surface area contributed by atoms with E-state index in [1.165, 1.54) is 11.8 Å². The molecule has 0 saturated heterocycles. The fourth-order valence-electron chi connectivity index (χ4n) is 1.96. The summed E-state index contributed by atoms with van der Waals surface area (Å²) in [5, 5.41) is 9.59. The maximum absolute atomic E-state index is 10.8. The third-order valence-corrected chi connectivity index (χ3v) is 4.33. The van der Waals surface area contributed by atoms with Gasteiger partial charge in [-0.1, -0.05) is 18.7 Å². The van der Waals surface area contributed by atoms with Gasteiger partial charge < -0.3 is 5.11 Å². The number of imidazole rings is 1. The molecule has 0 fully saturated rings. The fourth-order valence-corrected chi connectivity index (χ4v) is 2.84. The Morgan fingerprint density at radius 2 is 2.10 bits per heavy atom. The van der Waals surface area contributed by atoms with Crippen LogP contribution in [0.15, 0.2) is 17.3 Å². The van der Waals surface area contributed by atoms with E-state index in [0.29, 0.717) is 5.16 Å². The molecule has 0 saturated carbocycles. The molecule has 2 rings (SSSR count). The molecule has 0 aliphatic rings. The van der Waals surface area contributed by atoms with Gasteiger partial charge in [0.2, 0.25) is 0 Å². The number of thioether (sulfide) groups is 1. The number of carboxylic acids is 1. The number of fused-ring (bicyclic) bond motifs is 1. The number of carboxylic acid groups (broad SMARTS) is 1. The van der Waals surface area contributed by atoms with E-state index in [2.05, 4.69) is 35.3 Å². The number of rotatable bonds is 5. The highest BCUT2D eigenvalue weighted by Crippen LogP contribution is 2.31. The van der Waals surface area contributed by atoms with Gasteiger partial charge in [-0.05, 0) is 39.3 Å². The van der Waals surface area contributed by atoms with Crippen molar-refractivity contribution >= 4 is 28.9 Å². The molecule has 0 bridgehead atoms. The van der Waals surface area contributed by atoms with Gasteiger partial charge in [-0.25, -0.2) is 9.97 Å². The highest BCUT2D eigenvalue weighted by molar-refractivity contribution is 7.99. The highest BCUT2D eigenvalue weighted by Gasteiger charge is 2.25. The van der Waals surface area contributed by atoms with Crippen LogP contribution in [0.1, 0.15) is 32.9 Å². The van der Waals surface area contributed by atoms with Gasteiger partial charge in [-0.3, -0.25) is 9.36 Å². The molecule has 6 heteroatoms. The predicted octanol–water partition coefficient (Wildman–Crippen LogP) is 3.06. The normalized spacial score (nSPS) is 12.0. The van der Waals surface area contributed by atoms with Crippen LogP contribution in [0.25, 0.3) is 11.2 Å². The average Bonchev–Trinajstić information content (AvgIpc) is 2.74. The number of carbonyl (C=O) groups is 1. The van der Waals surface area contributed by atoms with Gasteiger partial charge in [0.05, 0.1) is 5.75 Å². The quantitative estimate of drug-likeness (QED) is 0.858. The lowest BCUT2D eigenvalue weighted by Gasteiger charge is -2.27. The van der Waals surface area contributed by atoms with Crippen LogP contribution in [0.4, 0.5) is 0 Å². The van der Waals surface area contributed by atoms with Crippen LogP contribution in [0.3, 0.4) is 0 Å². The summed E-state index contributed by atoms with van der Waals surface area (Å²) in [6, 6.07) is 3.86. The molecule has 108 valence electrons. The molecule has 2 heterocycles. The number of aliphatic carboxylic acids is 1. The maximum Gasteiger partial charge on any atom is 0.313 e. The summed E-state index contributed by atoms with van der Waals surface area (Å²) in [5.74, 6) is -0.839. The summed E-state index contributed by atoms with van der Waals surface area (Å²) < 4.78 is 2.06. The van der Waals surface area contributed by atoms with Crippen LogP contribution in [-0.4, -0.2) is 31.4 Å². The van der Waals surface area contributed by atoms with Gasteiger partial charge in [0.25, 0.3) is 0 Å². The maximum atomic E-state index is 10.8. The lowest BCUT2D eigenvalue weighted by molar-refractivity contribution is -0.133. The zero-order valence-electron chi connectivity index (χ0n) is 12.2. The second-order valence-corrected chi connectivity index (χ2v) is 6.32. The molecular weight excluding hydrogens is 274 g/mol. The molecule has 5 nitrogen and oxygen atoms in total. The summed E-state index contributed by atoms with van der Waals surface area (Å²) in [7, 11) is 0. The number of nitrogens with zero attached hydrogens (tertiary/aromatic N) is 3. The van der Waals surface area contributed by atoms with Crippen molar-refractivity contribution in [1.29, 1.82) is 0 Å². The minimum atomic E-state index is -0.841. The van der Waals surface area contributed by atoms with Gasteiger partial charge in [0, 0.05) is 11.2 Å². The van der Waals surface area contributed by atoms with E-state index in [1.807, 2.05) is 19.1 Å². The van der Waals surface area contributed by atoms with Crippen molar-refractivity contribution in [3.8, 4) is 0 Å². The molecule has 0 aliphatic carbocycles. The Bertz CT molecular complexity index is 649. The molecule has 0 amide bonds. The van der Waals surface area contributed by atoms with E-state index in [9.17, 15) is 4.79 Å². The molecule has 2 aromatic rings. The van der Waals surface area contributed by atoms with Crippen molar-refractivity contribution in [2.45, 2.75) is 44.8 Å². The average molecular weight is 293 g/mol. The summed E-state index contributed by atoms with van der Waals surface area (Å²) in [6.45, 7) is 8.28. The Balaban J connectivity index is 2.60. The first-order valence-electron chi connectivity index (χ1n) is 6.56. The molecule has 0 aliphatic heterocycles. The molecule has 2 aromatic heterocycles. The molecule has 1 N–H and O–H groups in total. The van der Waals surface area contributed by atoms with Crippen LogP contribution in [0, 0.1) is 6.92 Å². The van der Waals surface area contributed by atoms with E-state index in [-0.39, 0.29) is 11.3 Å². The van der Waals surface area contributed by atoms with Gasteiger partial charge in [-0.2, -0.15) is 0 Å². The van der Waals surface area contributed by atoms with E-state index in [0.717, 1.165) is 23.3 Å². The zero-order valence-corrected chi connectivity index (χ0v) is 13.0. The van der Waals surface area contributed by atoms with Crippen molar-refractivity contribution in [2.24, 2.45) is 0 Å². The number of aryl methyl sites for hydroxylation is 1. The third-order valence-electron chi connectivity index (χ3n) is 3.41. The zero-order chi connectivity index (χ0) is 14.9. The number of hydrogen-bond acceptors (Lipinski definition) is 4. The van der Waals surface area contributed by atoms with Crippen LogP contribution < -0.4 is 0 Å². The lowest BCUT2D eigenvalue weighted by Crippen LogP contribution is -2.26. The van der Waals surface area contributed by atoms with Crippen LogP contribution in [0.2, 0.25) is 0 Å². The van der Waals surface area contributed by atoms with E-state index in [4.69, 9.17) is 5.11 Å². The molecule has 0 spiro atoms. The van der Waals surface area contributed by atoms with Gasteiger partial charge in [-0.15, -0.1) is 0 Å². The summed E-state index contributed by atoms with van der Waals surface area (Å²) >= 11 is 1.24. The predicted molar refractivity (Wildman–Crippen MR) is 80.2 cm³/mol. The summed E-state index contributed by atoms with van der Waals surface area (Å²) in [4.78, 5) is 19.9. The van der Waals surface area contributed by atoms with Crippen molar-refractivity contribution in [2.75, 3.05) is 5.75 Å². The first kappa shape index (κ1) is 14.8. The SMILES string of the molecule is CCC(C)(C)n1c(SCC(=O)O)nc2ccc(C)nc21. The van der Waals surface area contributed by atoms with Crippen molar-refractivity contribution in [3.63, 3.8) is 0 Å². The smallest absolute Gasteiger partial charge is 0.313 e. The fraction of sp³-hybridized carbons (Fsp3) is 0.500. The first-order valence-corrected chi connectivity index (χ1v) is 7.55. The Hall–Kier alpha value is -1.56. The number of pyridine rings is 1. The molecule has 0 atom stereocenters. The molecule has 0 unspecified atom stereocenters. The Morgan fingerprint density at radius 1 is 1.40 bits per heavy atom. The lowest BCUT2D eigenvalue weighted by atomic mass is 10.0. The topological polar surface area (TPSA) is 68.0 Å². The Kier molecular flexibility index (Phi) is 4.04. The first-order chi connectivity index (χ1) is 9.35. The molecule has 0 aromatic carbocycles. The number of aromatic nitrogens is 3. The Labute approximate surface area is 122 Å². The van der Waals surface area contributed by atoms with Gasteiger partial charge in [0.1, 0.15) is 5.52 Å². The third kappa shape index (κ3) is 2.80. The van der Waals surface area contributed by atoms with Crippen LogP contribution in [-0.2, 0) is 10.3 Å². The Morgan fingerprint density at radius 3 is 2.70 bits per heavy atom. The molecular formula is C14H19N3O2S. The molecule has 20 heavy (non-hydrogen) atoms. The number of hydrogen-bond donors (Lipinski definition) is 1. The van der Waals surface area contributed by atoms with Crippen molar-refractivity contribution in [3.05, 3.63) is 17.8 Å². The van der Waals surface area contributed by atoms with Crippen molar-refractivity contribution in [1.82, 2.24) is 14.5 Å². The monoisotopic (exact) mass is 293 g/mol. The van der Waals surface area contributed by atoms with E-state index in [1.54, 1.807) is 0 Å². The molecule has 0 radical (unpaired) electrons. The second-order valence-electron chi connectivity index (χ2n) is 5.37. The largest absolute Gasteiger partial charge is 0.481 e. The standard InChI is InChI=1S/C14H19N3O2S/c1-5-14(3,4)17-12-10(7-6-9(2)15-12)16-13(17)20-8-11(18)19/h6-7H,5,8H2,1-4H3,(H,18,19). The van der Waals surface area contributed by atoms with Crippen LogP contribution in [0.5, 0.6) is 0 Å². The van der Waals surface area contributed by atoms with Gasteiger partial charge >= 0.3 is 5.97 Å². The minimum absolute atomic E-state index is 0.00208. The summed E-state index contributed by atoms with van der Waals surface area (Å²) in [6.07, 6.45) is 0.911. The van der Waals surface area contributed by atoms with Crippen molar-refractivity contribution < 1.29 is 9.90 Å². The van der Waals surface area contributed by atoms with E-state index < -0.39 is 5.97 Å². The van der Waals surface area contributed by atoms with Crippen LogP contribution >= 0.6 is 11.8 Å². The minimum Gasteiger partial charge on any atom is -0.481 e.